The van der Waals surface area contributed by atoms with Crippen LogP contribution in [0, 0.1) is 12.8 Å². The summed E-state index contributed by atoms with van der Waals surface area (Å²) in [6, 6.07) is 4.14. The Labute approximate surface area is 192 Å². The van der Waals surface area contributed by atoms with Gasteiger partial charge in [-0.2, -0.15) is 5.10 Å². The molecule has 0 aliphatic heterocycles. The van der Waals surface area contributed by atoms with Gasteiger partial charge in [0, 0.05) is 28.9 Å². The minimum Gasteiger partial charge on any atom is -0.469 e. The van der Waals surface area contributed by atoms with Crippen LogP contribution in [0.25, 0.3) is 21.8 Å². The minimum absolute atomic E-state index is 0.0659. The molecular formula is C25H28N4O2S. The summed E-state index contributed by atoms with van der Waals surface area (Å²) in [5.41, 5.74) is 7.67. The number of hydrogen-bond acceptors (Lipinski definition) is 6. The molecule has 2 aliphatic rings. The third-order valence-electron chi connectivity index (χ3n) is 6.52. The molecule has 2 unspecified atom stereocenters. The molecule has 3 heterocycles. The fourth-order valence-electron chi connectivity index (χ4n) is 4.74. The highest BCUT2D eigenvalue weighted by Gasteiger charge is 2.41. The van der Waals surface area contributed by atoms with Gasteiger partial charge < -0.3 is 4.74 Å². The fourth-order valence-corrected chi connectivity index (χ4v) is 6.13. The Kier molecular flexibility index (Phi) is 5.45. The van der Waals surface area contributed by atoms with Gasteiger partial charge in [0.15, 0.2) is 0 Å². The number of rotatable bonds is 5. The van der Waals surface area contributed by atoms with E-state index in [1.807, 2.05) is 26.1 Å². The maximum Gasteiger partial charge on any atom is 0.309 e. The quantitative estimate of drug-likeness (QED) is 0.401. The second-order valence-electron chi connectivity index (χ2n) is 8.97. The fraction of sp³-hybridized carbons (Fsp3) is 0.440. The molecule has 0 aromatic carbocycles. The third kappa shape index (κ3) is 3.58. The number of aromatic nitrogens is 4. The average molecular weight is 449 g/mol. The summed E-state index contributed by atoms with van der Waals surface area (Å²) in [6.07, 6.45) is 6.72. The van der Waals surface area contributed by atoms with Crippen LogP contribution in [0.3, 0.4) is 0 Å². The summed E-state index contributed by atoms with van der Waals surface area (Å²) < 4.78 is 7.11. The molecule has 166 valence electrons. The molecule has 2 aliphatic carbocycles. The van der Waals surface area contributed by atoms with Crippen LogP contribution in [-0.2, 0) is 28.9 Å². The summed E-state index contributed by atoms with van der Waals surface area (Å²) in [5.74, 6) is -0.0151. The Morgan fingerprint density at radius 3 is 2.81 bits per heavy atom. The van der Waals surface area contributed by atoms with Gasteiger partial charge in [-0.15, -0.1) is 11.3 Å². The number of nitrogens with zero attached hydrogens (tertiary/aromatic N) is 4. The van der Waals surface area contributed by atoms with Crippen LogP contribution in [0.1, 0.15) is 54.1 Å². The number of allylic oxidation sites excluding steroid dienone is 1. The van der Waals surface area contributed by atoms with Crippen molar-refractivity contribution in [2.75, 3.05) is 7.11 Å². The molecule has 5 rings (SSSR count). The van der Waals surface area contributed by atoms with Crippen molar-refractivity contribution in [2.24, 2.45) is 5.92 Å². The van der Waals surface area contributed by atoms with Gasteiger partial charge in [-0.1, -0.05) is 12.2 Å². The summed E-state index contributed by atoms with van der Waals surface area (Å²) in [6.45, 7) is 8.83. The lowest BCUT2D eigenvalue weighted by atomic mass is 9.74. The summed E-state index contributed by atoms with van der Waals surface area (Å²) in [7, 11) is 1.47. The number of ether oxygens (including phenoxy) is 1. The molecule has 0 radical (unpaired) electrons. The van der Waals surface area contributed by atoms with Crippen LogP contribution in [-0.4, -0.2) is 32.8 Å². The first kappa shape index (κ1) is 21.1. The first-order valence-electron chi connectivity index (χ1n) is 11.2. The number of fused-ring (bicyclic) bond motifs is 3. The van der Waals surface area contributed by atoms with Crippen LogP contribution in [0.15, 0.2) is 30.5 Å². The maximum absolute atomic E-state index is 12.2. The molecule has 0 amide bonds. The third-order valence-corrected chi connectivity index (χ3v) is 7.76. The number of carbonyl (C=O) groups is 1. The van der Waals surface area contributed by atoms with Crippen molar-refractivity contribution in [1.82, 2.24) is 19.7 Å². The number of hydrogen-bond donors (Lipinski definition) is 0. The van der Waals surface area contributed by atoms with Gasteiger partial charge in [0.05, 0.1) is 46.5 Å². The van der Waals surface area contributed by atoms with E-state index >= 15 is 0 Å². The minimum atomic E-state index is -0.117. The lowest BCUT2D eigenvalue weighted by molar-refractivity contribution is -0.149. The van der Waals surface area contributed by atoms with Gasteiger partial charge in [0.25, 0.3) is 0 Å². The van der Waals surface area contributed by atoms with Crippen LogP contribution < -0.4 is 0 Å². The van der Waals surface area contributed by atoms with Gasteiger partial charge in [-0.05, 0) is 58.1 Å². The molecule has 1 saturated carbocycles. The Morgan fingerprint density at radius 1 is 1.31 bits per heavy atom. The second-order valence-corrected chi connectivity index (χ2v) is 10.0. The molecule has 6 nitrogen and oxygen atoms in total. The van der Waals surface area contributed by atoms with Crippen molar-refractivity contribution in [3.05, 3.63) is 52.4 Å². The van der Waals surface area contributed by atoms with E-state index in [9.17, 15) is 4.79 Å². The van der Waals surface area contributed by atoms with Gasteiger partial charge in [0.2, 0.25) is 0 Å². The van der Waals surface area contributed by atoms with Crippen LogP contribution >= 0.6 is 11.3 Å². The van der Waals surface area contributed by atoms with Crippen LogP contribution in [0.5, 0.6) is 0 Å². The standard InChI is InChI=1S/C25H28N4O2S/c1-14(2)13-29-22-19(21(28-29)16-9-8-15(3)26-12-16)6-5-7-20-23(22)32-24(27-20)17-10-11-18(17)25(30)31-4/h8-9,12,17-18H,1,5-7,10-11,13H2,2-4H3. The maximum atomic E-state index is 12.2. The monoisotopic (exact) mass is 448 g/mol. The van der Waals surface area contributed by atoms with Gasteiger partial charge in [-0.25, -0.2) is 4.98 Å². The molecule has 7 heteroatoms. The van der Waals surface area contributed by atoms with Gasteiger partial charge in [-0.3, -0.25) is 14.5 Å². The number of methoxy groups -OCH3 is 1. The van der Waals surface area contributed by atoms with E-state index in [1.165, 1.54) is 17.6 Å². The molecule has 0 bridgehead atoms. The Morgan fingerprint density at radius 2 is 2.16 bits per heavy atom. The predicted octanol–water partition coefficient (Wildman–Crippen LogP) is 5.11. The van der Waals surface area contributed by atoms with Crippen LogP contribution in [0.4, 0.5) is 0 Å². The Balaban J connectivity index is 1.62. The SMILES string of the molecule is C=C(C)Cn1nc(-c2ccc(C)nc2)c2c1-c1sc(C3CCC3C(=O)OC)nc1CCC2. The Hall–Kier alpha value is -2.80. The normalized spacial score (nSPS) is 19.5. The molecule has 3 aromatic heterocycles. The van der Waals surface area contributed by atoms with E-state index in [0.717, 1.165) is 71.0 Å². The number of aryl methyl sites for hydroxylation is 2. The van der Waals surface area contributed by atoms with Crippen molar-refractivity contribution < 1.29 is 9.53 Å². The van der Waals surface area contributed by atoms with Gasteiger partial charge in [0.1, 0.15) is 0 Å². The summed E-state index contributed by atoms with van der Waals surface area (Å²) in [4.78, 5) is 22.9. The first-order chi connectivity index (χ1) is 15.5. The first-order valence-corrected chi connectivity index (χ1v) is 12.0. The van der Waals surface area contributed by atoms with Gasteiger partial charge >= 0.3 is 5.97 Å². The zero-order valence-corrected chi connectivity index (χ0v) is 19.7. The molecule has 0 saturated heterocycles. The predicted molar refractivity (Wildman–Crippen MR) is 126 cm³/mol. The highest BCUT2D eigenvalue weighted by molar-refractivity contribution is 7.15. The van der Waals surface area contributed by atoms with E-state index in [-0.39, 0.29) is 17.8 Å². The van der Waals surface area contributed by atoms with Crippen molar-refractivity contribution in [2.45, 2.75) is 58.4 Å². The van der Waals surface area contributed by atoms with Crippen molar-refractivity contribution >= 4 is 17.3 Å². The number of carbonyl (C=O) groups excluding carboxylic acids is 1. The summed E-state index contributed by atoms with van der Waals surface area (Å²) >= 11 is 1.73. The smallest absolute Gasteiger partial charge is 0.309 e. The van der Waals surface area contributed by atoms with E-state index in [2.05, 4.69) is 22.3 Å². The average Bonchev–Trinajstić information content (AvgIpc) is 3.23. The van der Waals surface area contributed by atoms with E-state index < -0.39 is 0 Å². The van der Waals surface area contributed by atoms with Crippen LogP contribution in [0.2, 0.25) is 0 Å². The lowest BCUT2D eigenvalue weighted by Gasteiger charge is -2.32. The lowest BCUT2D eigenvalue weighted by Crippen LogP contribution is -2.32. The molecule has 0 N–H and O–H groups in total. The topological polar surface area (TPSA) is 69.9 Å². The number of thiazole rings is 1. The highest BCUT2D eigenvalue weighted by Crippen LogP contribution is 2.48. The zero-order chi connectivity index (χ0) is 22.4. The summed E-state index contributed by atoms with van der Waals surface area (Å²) in [5, 5.41) is 6.10. The highest BCUT2D eigenvalue weighted by atomic mass is 32.1. The number of pyridine rings is 1. The van der Waals surface area contributed by atoms with Crippen molar-refractivity contribution in [3.63, 3.8) is 0 Å². The largest absolute Gasteiger partial charge is 0.469 e. The molecular weight excluding hydrogens is 420 g/mol. The molecule has 3 aromatic rings. The van der Waals surface area contributed by atoms with E-state index in [1.54, 1.807) is 11.3 Å². The number of esters is 1. The second kappa shape index (κ2) is 8.28. The molecule has 1 fully saturated rings. The zero-order valence-electron chi connectivity index (χ0n) is 18.9. The Bertz CT molecular complexity index is 1190. The van der Waals surface area contributed by atoms with Crippen molar-refractivity contribution in [1.29, 1.82) is 0 Å². The molecule has 0 spiro atoms. The van der Waals surface area contributed by atoms with Crippen molar-refractivity contribution in [3.8, 4) is 21.8 Å². The van der Waals surface area contributed by atoms with E-state index in [0.29, 0.717) is 6.54 Å². The van der Waals surface area contributed by atoms with E-state index in [4.69, 9.17) is 14.8 Å². The molecule has 32 heavy (non-hydrogen) atoms. The molecule has 2 atom stereocenters.